The smallest absolute Gasteiger partial charge is 0.338 e. The van der Waals surface area contributed by atoms with Crippen LogP contribution in [0.3, 0.4) is 0 Å². The van der Waals surface area contributed by atoms with Crippen molar-refractivity contribution in [2.45, 2.75) is 32.7 Å². The molecule has 2 heterocycles. The number of aromatic nitrogens is 1. The van der Waals surface area contributed by atoms with Gasteiger partial charge in [0.2, 0.25) is 0 Å². The number of esters is 1. The number of hydrogen-bond donors (Lipinski definition) is 0. The van der Waals surface area contributed by atoms with Crippen LogP contribution in [0.2, 0.25) is 0 Å². The minimum absolute atomic E-state index is 0.113. The van der Waals surface area contributed by atoms with Gasteiger partial charge in [0.05, 0.1) is 28.5 Å². The molecule has 0 amide bonds. The Morgan fingerprint density at radius 2 is 1.78 bits per heavy atom. The zero-order valence-electron chi connectivity index (χ0n) is 23.2. The average molecular weight is 563 g/mol. The second kappa shape index (κ2) is 12.2. The highest BCUT2D eigenvalue weighted by Gasteiger charge is 2.35. The summed E-state index contributed by atoms with van der Waals surface area (Å²) < 4.78 is 13.3. The van der Waals surface area contributed by atoms with Crippen LogP contribution in [-0.2, 0) is 9.53 Å². The van der Waals surface area contributed by atoms with Crippen molar-refractivity contribution in [1.82, 2.24) is 4.57 Å². The van der Waals surface area contributed by atoms with Crippen LogP contribution >= 0.6 is 11.3 Å². The number of carbonyl (C=O) groups is 1. The summed E-state index contributed by atoms with van der Waals surface area (Å²) in [6.45, 7) is 6.33. The number of terminal acetylenes is 1. The molecule has 7 heteroatoms. The van der Waals surface area contributed by atoms with Gasteiger partial charge in [0.15, 0.2) is 4.80 Å². The monoisotopic (exact) mass is 562 g/mol. The van der Waals surface area contributed by atoms with E-state index in [9.17, 15) is 9.59 Å². The maximum absolute atomic E-state index is 14.1. The van der Waals surface area contributed by atoms with Gasteiger partial charge in [0, 0.05) is 11.1 Å². The molecule has 1 unspecified atom stereocenters. The maximum atomic E-state index is 14.1. The largest absolute Gasteiger partial charge is 0.480 e. The Balaban J connectivity index is 1.79. The van der Waals surface area contributed by atoms with E-state index in [0.717, 1.165) is 22.3 Å². The second-order valence-corrected chi connectivity index (χ2v) is 10.8. The van der Waals surface area contributed by atoms with E-state index in [1.165, 1.54) is 11.3 Å². The van der Waals surface area contributed by atoms with E-state index >= 15 is 0 Å². The van der Waals surface area contributed by atoms with Crippen molar-refractivity contribution in [2.75, 3.05) is 13.2 Å². The fraction of sp³-hybridized carbons (Fsp3) is 0.206. The van der Waals surface area contributed by atoms with Crippen LogP contribution in [-0.4, -0.2) is 23.8 Å². The van der Waals surface area contributed by atoms with Crippen molar-refractivity contribution in [3.8, 4) is 18.1 Å². The lowest BCUT2D eigenvalue weighted by Gasteiger charge is -2.26. The van der Waals surface area contributed by atoms with Crippen LogP contribution in [0.5, 0.6) is 5.75 Å². The van der Waals surface area contributed by atoms with E-state index in [4.69, 9.17) is 20.9 Å². The van der Waals surface area contributed by atoms with Crippen LogP contribution in [0.1, 0.15) is 55.0 Å². The number of ether oxygens (including phenoxy) is 2. The van der Waals surface area contributed by atoms with Crippen molar-refractivity contribution in [3.05, 3.63) is 126 Å². The molecule has 1 atom stereocenters. The first kappa shape index (κ1) is 27.9. The van der Waals surface area contributed by atoms with Crippen LogP contribution < -0.4 is 19.6 Å². The Morgan fingerprint density at radius 1 is 1.07 bits per heavy atom. The Kier molecular flexibility index (Phi) is 8.32. The van der Waals surface area contributed by atoms with Gasteiger partial charge >= 0.3 is 5.97 Å². The van der Waals surface area contributed by atoms with Crippen molar-refractivity contribution in [1.29, 1.82) is 0 Å². The number of hydrogen-bond acceptors (Lipinski definition) is 6. The molecule has 5 rings (SSSR count). The molecule has 4 aromatic rings. The highest BCUT2D eigenvalue weighted by atomic mass is 32.1. The molecule has 1 aromatic heterocycles. The second-order valence-electron chi connectivity index (χ2n) is 9.78. The number of rotatable bonds is 8. The molecule has 0 spiro atoms. The zero-order valence-corrected chi connectivity index (χ0v) is 24.0. The molecule has 0 N–H and O–H groups in total. The van der Waals surface area contributed by atoms with E-state index in [1.54, 1.807) is 17.6 Å². The molecule has 0 saturated heterocycles. The summed E-state index contributed by atoms with van der Waals surface area (Å²) >= 11 is 1.27. The molecular weight excluding hydrogens is 532 g/mol. The number of carbonyl (C=O) groups excluding carboxylic acids is 1. The molecule has 0 fully saturated rings. The summed E-state index contributed by atoms with van der Waals surface area (Å²) in [5.41, 5.74) is 4.01. The van der Waals surface area contributed by atoms with Crippen LogP contribution in [0.15, 0.2) is 94.2 Å². The lowest BCUT2D eigenvalue weighted by atomic mass is 9.91. The molecule has 1 aliphatic rings. The SMILES string of the molecule is C#CCOc1ccccc1/C=c1\sc2n(c1=O)C(c1ccc(C(C)C)cc1)C(C(=O)OCC)=C(c1ccccc1)N=2. The summed E-state index contributed by atoms with van der Waals surface area (Å²) in [6.07, 6.45) is 7.18. The number of nitrogens with zero attached hydrogens (tertiary/aromatic N) is 2. The highest BCUT2D eigenvalue weighted by molar-refractivity contribution is 7.07. The van der Waals surface area contributed by atoms with Crippen molar-refractivity contribution in [3.63, 3.8) is 0 Å². The predicted octanol–water partition coefficient (Wildman–Crippen LogP) is 5.07. The first-order valence-electron chi connectivity index (χ1n) is 13.5. The normalized spacial score (nSPS) is 14.8. The number of benzene rings is 3. The van der Waals surface area contributed by atoms with Crippen LogP contribution in [0.4, 0.5) is 0 Å². The first-order valence-corrected chi connectivity index (χ1v) is 14.3. The summed E-state index contributed by atoms with van der Waals surface area (Å²) in [4.78, 5) is 33.1. The average Bonchev–Trinajstić information content (AvgIpc) is 3.30. The van der Waals surface area contributed by atoms with Gasteiger partial charge in [-0.3, -0.25) is 9.36 Å². The summed E-state index contributed by atoms with van der Waals surface area (Å²) in [5, 5.41) is 0. The third kappa shape index (κ3) is 5.65. The van der Waals surface area contributed by atoms with Crippen molar-refractivity contribution >= 4 is 29.1 Å². The lowest BCUT2D eigenvalue weighted by Crippen LogP contribution is -2.40. The van der Waals surface area contributed by atoms with Gasteiger partial charge in [-0.05, 0) is 36.1 Å². The Hall–Kier alpha value is -4.67. The molecule has 206 valence electrons. The Morgan fingerprint density at radius 3 is 2.46 bits per heavy atom. The van der Waals surface area contributed by atoms with Gasteiger partial charge in [-0.1, -0.05) is 104 Å². The summed E-state index contributed by atoms with van der Waals surface area (Å²) in [5.74, 6) is 2.89. The van der Waals surface area contributed by atoms with Crippen molar-refractivity contribution in [2.24, 2.45) is 4.99 Å². The lowest BCUT2D eigenvalue weighted by molar-refractivity contribution is -0.138. The third-order valence-corrected chi connectivity index (χ3v) is 7.79. The molecule has 41 heavy (non-hydrogen) atoms. The summed E-state index contributed by atoms with van der Waals surface area (Å²) in [6, 6.07) is 24.2. The van der Waals surface area contributed by atoms with Gasteiger partial charge in [-0.25, -0.2) is 9.79 Å². The van der Waals surface area contributed by atoms with Gasteiger partial charge < -0.3 is 9.47 Å². The highest BCUT2D eigenvalue weighted by Crippen LogP contribution is 2.35. The first-order chi connectivity index (χ1) is 19.9. The number of para-hydroxylation sites is 1. The molecule has 1 aliphatic heterocycles. The standard InChI is InChI=1S/C34H30N2O4S/c1-5-20-40-27-15-11-10-14-26(27)21-28-32(37)36-31(25-18-16-23(17-19-25)22(3)4)29(33(38)39-6-2)30(35-34(36)41-28)24-12-8-7-9-13-24/h1,7-19,21-22,31H,6,20H2,2-4H3/b28-21-. The minimum Gasteiger partial charge on any atom is -0.480 e. The molecule has 0 radical (unpaired) electrons. The van der Waals surface area contributed by atoms with Crippen LogP contribution in [0, 0.1) is 12.3 Å². The fourth-order valence-electron chi connectivity index (χ4n) is 4.81. The zero-order chi connectivity index (χ0) is 28.9. The topological polar surface area (TPSA) is 69.9 Å². The number of thiazole rings is 1. The van der Waals surface area contributed by atoms with E-state index in [2.05, 4.69) is 19.8 Å². The fourth-order valence-corrected chi connectivity index (χ4v) is 5.80. The van der Waals surface area contributed by atoms with Gasteiger partial charge in [-0.15, -0.1) is 6.42 Å². The molecule has 0 bridgehead atoms. The predicted molar refractivity (Wildman–Crippen MR) is 162 cm³/mol. The van der Waals surface area contributed by atoms with Gasteiger partial charge in [0.25, 0.3) is 5.56 Å². The molecular formula is C34H30N2O4S. The van der Waals surface area contributed by atoms with E-state index in [-0.39, 0.29) is 18.8 Å². The van der Waals surface area contributed by atoms with Gasteiger partial charge in [0.1, 0.15) is 12.4 Å². The molecule has 0 saturated carbocycles. The van der Waals surface area contributed by atoms with E-state index in [0.29, 0.717) is 32.3 Å². The minimum atomic E-state index is -0.725. The molecule has 3 aromatic carbocycles. The molecule has 0 aliphatic carbocycles. The van der Waals surface area contributed by atoms with Gasteiger partial charge in [-0.2, -0.15) is 0 Å². The van der Waals surface area contributed by atoms with Crippen molar-refractivity contribution < 1.29 is 14.3 Å². The maximum Gasteiger partial charge on any atom is 0.338 e. The third-order valence-electron chi connectivity index (χ3n) is 6.81. The number of fused-ring (bicyclic) bond motifs is 1. The Labute approximate surface area is 242 Å². The van der Waals surface area contributed by atoms with E-state index < -0.39 is 12.0 Å². The quantitative estimate of drug-likeness (QED) is 0.222. The van der Waals surface area contributed by atoms with Crippen LogP contribution in [0.25, 0.3) is 11.8 Å². The van der Waals surface area contributed by atoms with E-state index in [1.807, 2.05) is 78.9 Å². The molecule has 6 nitrogen and oxygen atoms in total. The Bertz CT molecular complexity index is 1820. The summed E-state index contributed by atoms with van der Waals surface area (Å²) in [7, 11) is 0.